The third-order valence-corrected chi connectivity index (χ3v) is 5.99. The second-order valence-corrected chi connectivity index (χ2v) is 8.49. The summed E-state index contributed by atoms with van der Waals surface area (Å²) in [5.41, 5.74) is 2.19. The van der Waals surface area contributed by atoms with Crippen molar-refractivity contribution in [2.75, 3.05) is 53.4 Å². The lowest BCUT2D eigenvalue weighted by Gasteiger charge is -2.28. The molecule has 0 atom stereocenters. The van der Waals surface area contributed by atoms with Crippen molar-refractivity contribution < 1.29 is 14.3 Å². The highest BCUT2D eigenvalue weighted by molar-refractivity contribution is 5.99. The summed E-state index contributed by atoms with van der Waals surface area (Å²) in [5, 5.41) is 6.23. The number of nitrogens with zero attached hydrogens (tertiary/aromatic N) is 2. The summed E-state index contributed by atoms with van der Waals surface area (Å²) < 4.78 is 5.16. The number of hydrogen-bond acceptors (Lipinski definition) is 5. The van der Waals surface area contributed by atoms with Gasteiger partial charge >= 0.3 is 0 Å². The molecule has 1 fully saturated rings. The van der Waals surface area contributed by atoms with Gasteiger partial charge in [0.2, 0.25) is 0 Å². The SMILES string of the molecule is COc1ccc(CNCCNC(=O)c2cccc(C(=O)N(C)CCN3CCCCC3)c2)cc1. The van der Waals surface area contributed by atoms with Gasteiger partial charge in [0.25, 0.3) is 11.8 Å². The molecule has 2 aromatic carbocycles. The van der Waals surface area contributed by atoms with Gasteiger partial charge in [-0.3, -0.25) is 9.59 Å². The number of carbonyl (C=O) groups excluding carboxylic acids is 2. The summed E-state index contributed by atoms with van der Waals surface area (Å²) in [6.07, 6.45) is 3.79. The molecular formula is C26H36N4O3. The van der Waals surface area contributed by atoms with Crippen LogP contribution in [-0.2, 0) is 6.54 Å². The van der Waals surface area contributed by atoms with Gasteiger partial charge in [0.05, 0.1) is 7.11 Å². The number of rotatable bonds is 11. The maximum absolute atomic E-state index is 12.8. The lowest BCUT2D eigenvalue weighted by Crippen LogP contribution is -2.38. The molecule has 1 saturated heterocycles. The Morgan fingerprint density at radius 2 is 1.73 bits per heavy atom. The maximum Gasteiger partial charge on any atom is 0.253 e. The summed E-state index contributed by atoms with van der Waals surface area (Å²) in [6.45, 7) is 5.69. The molecule has 7 nitrogen and oxygen atoms in total. The number of carbonyl (C=O) groups is 2. The molecule has 2 amide bonds. The summed E-state index contributed by atoms with van der Waals surface area (Å²) in [7, 11) is 3.48. The topological polar surface area (TPSA) is 73.9 Å². The van der Waals surface area contributed by atoms with Crippen molar-refractivity contribution >= 4 is 11.8 Å². The zero-order valence-electron chi connectivity index (χ0n) is 19.8. The van der Waals surface area contributed by atoms with E-state index in [0.717, 1.165) is 30.9 Å². The molecule has 0 spiro atoms. The minimum atomic E-state index is -0.174. The molecule has 0 unspecified atom stereocenters. The van der Waals surface area contributed by atoms with Gasteiger partial charge in [0, 0.05) is 50.9 Å². The minimum absolute atomic E-state index is 0.0529. The Kier molecular flexibility index (Phi) is 9.72. The van der Waals surface area contributed by atoms with Crippen LogP contribution in [0.3, 0.4) is 0 Å². The summed E-state index contributed by atoms with van der Waals surface area (Å²) >= 11 is 0. The number of likely N-dealkylation sites (tertiary alicyclic amines) is 1. The second-order valence-electron chi connectivity index (χ2n) is 8.49. The lowest BCUT2D eigenvalue weighted by atomic mass is 10.1. The molecule has 33 heavy (non-hydrogen) atoms. The fourth-order valence-electron chi connectivity index (χ4n) is 3.93. The van der Waals surface area contributed by atoms with Gasteiger partial charge in [-0.05, 0) is 61.8 Å². The molecule has 2 N–H and O–H groups in total. The molecule has 2 aromatic rings. The lowest BCUT2D eigenvalue weighted by molar-refractivity contribution is 0.0773. The Morgan fingerprint density at radius 3 is 2.45 bits per heavy atom. The van der Waals surface area contributed by atoms with Crippen molar-refractivity contribution in [2.24, 2.45) is 0 Å². The monoisotopic (exact) mass is 452 g/mol. The van der Waals surface area contributed by atoms with Crippen LogP contribution >= 0.6 is 0 Å². The first kappa shape index (κ1) is 24.7. The average molecular weight is 453 g/mol. The third kappa shape index (κ3) is 7.87. The van der Waals surface area contributed by atoms with Gasteiger partial charge in [0.1, 0.15) is 5.75 Å². The van der Waals surface area contributed by atoms with Crippen LogP contribution in [0.4, 0.5) is 0 Å². The summed E-state index contributed by atoms with van der Waals surface area (Å²) in [4.78, 5) is 29.5. The zero-order valence-corrected chi connectivity index (χ0v) is 19.8. The van der Waals surface area contributed by atoms with Crippen LogP contribution in [0.5, 0.6) is 5.75 Å². The van der Waals surface area contributed by atoms with Gasteiger partial charge < -0.3 is 25.2 Å². The van der Waals surface area contributed by atoms with E-state index < -0.39 is 0 Å². The van der Waals surface area contributed by atoms with Crippen LogP contribution in [0, 0.1) is 0 Å². The summed E-state index contributed by atoms with van der Waals surface area (Å²) in [5.74, 6) is 0.606. The number of hydrogen-bond donors (Lipinski definition) is 2. The Morgan fingerprint density at radius 1 is 1.00 bits per heavy atom. The molecule has 0 saturated carbocycles. The van der Waals surface area contributed by atoms with E-state index in [1.807, 2.05) is 31.3 Å². The number of nitrogens with one attached hydrogen (secondary N) is 2. The Hall–Kier alpha value is -2.90. The van der Waals surface area contributed by atoms with E-state index in [9.17, 15) is 9.59 Å². The predicted molar refractivity (Wildman–Crippen MR) is 131 cm³/mol. The number of benzene rings is 2. The molecule has 0 radical (unpaired) electrons. The third-order valence-electron chi connectivity index (χ3n) is 5.99. The van der Waals surface area contributed by atoms with E-state index in [2.05, 4.69) is 15.5 Å². The van der Waals surface area contributed by atoms with E-state index in [1.54, 1.807) is 36.3 Å². The predicted octanol–water partition coefficient (Wildman–Crippen LogP) is 2.77. The van der Waals surface area contributed by atoms with Crippen LogP contribution in [-0.4, -0.2) is 75.0 Å². The standard InChI is InChI=1S/C26H36N4O3/c1-29(17-18-30-15-4-3-5-16-30)26(32)23-8-6-7-22(19-23)25(31)28-14-13-27-20-21-9-11-24(33-2)12-10-21/h6-12,19,27H,3-5,13-18,20H2,1-2H3,(H,28,31). The highest BCUT2D eigenvalue weighted by atomic mass is 16.5. The molecule has 7 heteroatoms. The van der Waals surface area contributed by atoms with Crippen molar-refractivity contribution in [2.45, 2.75) is 25.8 Å². The number of piperidine rings is 1. The largest absolute Gasteiger partial charge is 0.497 e. The molecule has 1 heterocycles. The molecule has 3 rings (SSSR count). The molecule has 1 aliphatic heterocycles. The zero-order chi connectivity index (χ0) is 23.5. The van der Waals surface area contributed by atoms with E-state index in [0.29, 0.717) is 37.3 Å². The quantitative estimate of drug-likeness (QED) is 0.513. The molecule has 0 aliphatic carbocycles. The van der Waals surface area contributed by atoms with Crippen molar-refractivity contribution in [1.82, 2.24) is 20.4 Å². The van der Waals surface area contributed by atoms with Crippen molar-refractivity contribution in [3.63, 3.8) is 0 Å². The highest BCUT2D eigenvalue weighted by Crippen LogP contribution is 2.12. The molecule has 1 aliphatic rings. The molecule has 0 bridgehead atoms. The summed E-state index contributed by atoms with van der Waals surface area (Å²) in [6, 6.07) is 14.8. The Labute approximate surface area is 197 Å². The van der Waals surface area contributed by atoms with Gasteiger partial charge in [-0.2, -0.15) is 0 Å². The van der Waals surface area contributed by atoms with Gasteiger partial charge in [0.15, 0.2) is 0 Å². The van der Waals surface area contributed by atoms with E-state index in [1.165, 1.54) is 19.3 Å². The van der Waals surface area contributed by atoms with E-state index >= 15 is 0 Å². The number of methoxy groups -OCH3 is 1. The fourth-order valence-corrected chi connectivity index (χ4v) is 3.93. The van der Waals surface area contributed by atoms with Crippen molar-refractivity contribution in [1.29, 1.82) is 0 Å². The van der Waals surface area contributed by atoms with E-state index in [4.69, 9.17) is 4.74 Å². The van der Waals surface area contributed by atoms with Crippen molar-refractivity contribution in [3.05, 3.63) is 65.2 Å². The van der Waals surface area contributed by atoms with Gasteiger partial charge in [-0.1, -0.05) is 24.6 Å². The smallest absolute Gasteiger partial charge is 0.253 e. The highest BCUT2D eigenvalue weighted by Gasteiger charge is 2.16. The first-order chi connectivity index (χ1) is 16.1. The molecular weight excluding hydrogens is 416 g/mol. The number of likely N-dealkylation sites (N-methyl/N-ethyl adjacent to an activating group) is 1. The van der Waals surface area contributed by atoms with Crippen molar-refractivity contribution in [3.8, 4) is 5.75 Å². The minimum Gasteiger partial charge on any atom is -0.497 e. The van der Waals surface area contributed by atoms with Gasteiger partial charge in [-0.15, -0.1) is 0 Å². The maximum atomic E-state index is 12.8. The van der Waals surface area contributed by atoms with Crippen LogP contribution in [0.15, 0.2) is 48.5 Å². The first-order valence-electron chi connectivity index (χ1n) is 11.8. The normalized spacial score (nSPS) is 14.0. The number of ether oxygens (including phenoxy) is 1. The van der Waals surface area contributed by atoms with Crippen LogP contribution in [0.25, 0.3) is 0 Å². The van der Waals surface area contributed by atoms with E-state index in [-0.39, 0.29) is 11.8 Å². The molecule has 0 aromatic heterocycles. The first-order valence-corrected chi connectivity index (χ1v) is 11.8. The van der Waals surface area contributed by atoms with Crippen LogP contribution in [0.1, 0.15) is 45.5 Å². The molecule has 178 valence electrons. The Bertz CT molecular complexity index is 895. The second kappa shape index (κ2) is 13.0. The Balaban J connectivity index is 1.40. The fraction of sp³-hybridized carbons (Fsp3) is 0.462. The van der Waals surface area contributed by atoms with Crippen LogP contribution < -0.4 is 15.4 Å². The van der Waals surface area contributed by atoms with Gasteiger partial charge in [-0.25, -0.2) is 0 Å². The average Bonchev–Trinajstić information content (AvgIpc) is 2.87. The van der Waals surface area contributed by atoms with Crippen LogP contribution in [0.2, 0.25) is 0 Å². The number of amides is 2.